The first-order valence-electron chi connectivity index (χ1n) is 36.6. The Kier molecular flexibility index (Phi) is 58.8. The minimum absolute atomic E-state index is 0.264. The molecule has 11 nitrogen and oxygen atoms in total. The summed E-state index contributed by atoms with van der Waals surface area (Å²) in [6, 6.07) is -1.17. The second kappa shape index (κ2) is 61.1. The standard InChI is InChI=1S/C72H141NO10/c1-3-5-7-9-11-13-15-17-19-21-23-25-27-29-31-32-33-34-36-38-40-42-44-46-48-50-52-54-56-58-60-65(76)71(81)73-63(62-82-72-70(80)69(79)68(78)66(61-74)83-72)67(77)64(75)59-57-55-53-51-49-47-45-43-41-39-37-35-30-28-26-24-22-20-18-16-14-12-10-8-6-4-2/h29,31,63-70,72,74-80H,3-28,30,32-62H2,1-2H3,(H,73,81)/b31-29-. The largest absolute Gasteiger partial charge is 0.394 e. The molecular weight excluding hydrogens is 1040 g/mol. The van der Waals surface area contributed by atoms with E-state index < -0.39 is 74.2 Å². The molecule has 1 aliphatic rings. The molecule has 0 spiro atoms. The van der Waals surface area contributed by atoms with Gasteiger partial charge in [-0.05, 0) is 38.5 Å². The molecule has 0 aromatic rings. The predicted octanol–water partition coefficient (Wildman–Crippen LogP) is 17.8. The summed E-state index contributed by atoms with van der Waals surface area (Å²) in [4.78, 5) is 13.3. The minimum atomic E-state index is -1.66. The predicted molar refractivity (Wildman–Crippen MR) is 349 cm³/mol. The molecule has 11 heteroatoms. The zero-order valence-corrected chi connectivity index (χ0v) is 54.7. The maximum atomic E-state index is 13.3. The van der Waals surface area contributed by atoms with Gasteiger partial charge in [-0.2, -0.15) is 0 Å². The van der Waals surface area contributed by atoms with E-state index in [1.165, 1.54) is 295 Å². The average Bonchev–Trinajstić information content (AvgIpc) is 3.68. The number of carbonyl (C=O) groups is 1. The Bertz CT molecular complexity index is 1350. The first-order chi connectivity index (χ1) is 40.7. The number of rotatable bonds is 65. The van der Waals surface area contributed by atoms with Crippen LogP contribution in [-0.4, -0.2) is 110 Å². The van der Waals surface area contributed by atoms with Gasteiger partial charge in [0.05, 0.1) is 25.4 Å². The van der Waals surface area contributed by atoms with Crippen LogP contribution in [0.5, 0.6) is 0 Å². The Balaban J connectivity index is 2.17. The number of nitrogens with one attached hydrogen (secondary N) is 1. The van der Waals surface area contributed by atoms with Crippen molar-refractivity contribution in [2.45, 2.75) is 428 Å². The Labute approximate surface area is 512 Å². The van der Waals surface area contributed by atoms with Crippen LogP contribution in [-0.2, 0) is 14.3 Å². The van der Waals surface area contributed by atoms with E-state index in [-0.39, 0.29) is 6.42 Å². The first kappa shape index (κ1) is 79.9. The van der Waals surface area contributed by atoms with Crippen molar-refractivity contribution in [3.05, 3.63) is 12.2 Å². The van der Waals surface area contributed by atoms with Gasteiger partial charge in [0, 0.05) is 0 Å². The molecule has 1 rings (SSSR count). The van der Waals surface area contributed by atoms with Gasteiger partial charge < -0.3 is 50.5 Å². The van der Waals surface area contributed by atoms with Gasteiger partial charge in [0.25, 0.3) is 0 Å². The fourth-order valence-corrected chi connectivity index (χ4v) is 12.2. The number of aliphatic hydroxyl groups is 7. The number of amides is 1. The van der Waals surface area contributed by atoms with Crippen LogP contribution in [0.25, 0.3) is 0 Å². The Hall–Kier alpha value is -1.15. The van der Waals surface area contributed by atoms with Gasteiger partial charge in [0.1, 0.15) is 36.6 Å². The van der Waals surface area contributed by atoms with Crippen molar-refractivity contribution in [1.29, 1.82) is 0 Å². The number of ether oxygens (including phenoxy) is 2. The summed E-state index contributed by atoms with van der Waals surface area (Å²) in [5.74, 6) is -0.688. The van der Waals surface area contributed by atoms with Crippen LogP contribution in [0, 0.1) is 0 Å². The van der Waals surface area contributed by atoms with Crippen LogP contribution in [0.3, 0.4) is 0 Å². The second-order valence-electron chi connectivity index (χ2n) is 26.0. The van der Waals surface area contributed by atoms with E-state index in [1.807, 2.05) is 0 Å². The highest BCUT2D eigenvalue weighted by atomic mass is 16.7. The SMILES string of the molecule is CCCCCCCCCCCCCC/C=C\CCCCCCCCCCCCCCCCC(O)C(=O)NC(COC1OC(CO)C(O)C(O)C1O)C(O)C(O)CCCCCCCCCCCCCCCCCCCCCCCCCCCC. The van der Waals surface area contributed by atoms with Crippen LogP contribution < -0.4 is 5.32 Å². The molecule has 1 heterocycles. The van der Waals surface area contributed by atoms with Gasteiger partial charge in [-0.25, -0.2) is 0 Å². The summed E-state index contributed by atoms with van der Waals surface area (Å²) >= 11 is 0. The molecular formula is C72H141NO10. The first-order valence-corrected chi connectivity index (χ1v) is 36.6. The van der Waals surface area contributed by atoms with Gasteiger partial charge in [-0.1, -0.05) is 347 Å². The molecule has 0 saturated carbocycles. The summed E-state index contributed by atoms with van der Waals surface area (Å²) < 4.78 is 11.2. The number of hydrogen-bond donors (Lipinski definition) is 8. The smallest absolute Gasteiger partial charge is 0.249 e. The number of unbranched alkanes of at least 4 members (excludes halogenated alkanes) is 51. The van der Waals surface area contributed by atoms with Crippen LogP contribution in [0.15, 0.2) is 12.2 Å². The summed E-state index contributed by atoms with van der Waals surface area (Å²) in [6.45, 7) is 3.53. The number of allylic oxidation sites excluding steroid dienone is 2. The Morgan fingerprint density at radius 1 is 0.410 bits per heavy atom. The van der Waals surface area contributed by atoms with Crippen molar-refractivity contribution in [2.75, 3.05) is 13.2 Å². The second-order valence-corrected chi connectivity index (χ2v) is 26.0. The maximum Gasteiger partial charge on any atom is 0.249 e. The molecule has 0 aliphatic carbocycles. The molecule has 1 saturated heterocycles. The van der Waals surface area contributed by atoms with Crippen LogP contribution >= 0.6 is 0 Å². The average molecular weight is 1180 g/mol. The fraction of sp³-hybridized carbons (Fsp3) is 0.958. The summed E-state index contributed by atoms with van der Waals surface area (Å²) in [7, 11) is 0. The minimum Gasteiger partial charge on any atom is -0.394 e. The van der Waals surface area contributed by atoms with E-state index in [1.54, 1.807) is 0 Å². The lowest BCUT2D eigenvalue weighted by atomic mass is 9.98. The van der Waals surface area contributed by atoms with Crippen molar-refractivity contribution >= 4 is 5.91 Å². The molecule has 83 heavy (non-hydrogen) atoms. The lowest BCUT2D eigenvalue weighted by Gasteiger charge is -2.40. The van der Waals surface area contributed by atoms with E-state index in [4.69, 9.17) is 9.47 Å². The van der Waals surface area contributed by atoms with Gasteiger partial charge >= 0.3 is 0 Å². The maximum absolute atomic E-state index is 13.3. The molecule has 0 aromatic carbocycles. The van der Waals surface area contributed by atoms with E-state index >= 15 is 0 Å². The Morgan fingerprint density at radius 3 is 1.01 bits per heavy atom. The fourth-order valence-electron chi connectivity index (χ4n) is 12.2. The highest BCUT2D eigenvalue weighted by Gasteiger charge is 2.44. The molecule has 0 aromatic heterocycles. The molecule has 9 unspecified atom stereocenters. The third-order valence-corrected chi connectivity index (χ3v) is 18.1. The monoisotopic (exact) mass is 1180 g/mol. The van der Waals surface area contributed by atoms with Crippen LogP contribution in [0.2, 0.25) is 0 Å². The molecule has 1 fully saturated rings. The van der Waals surface area contributed by atoms with Gasteiger partial charge in [-0.15, -0.1) is 0 Å². The summed E-state index contributed by atoms with van der Waals surface area (Å²) in [6.07, 6.45) is 64.4. The van der Waals surface area contributed by atoms with Crippen molar-refractivity contribution in [2.24, 2.45) is 0 Å². The van der Waals surface area contributed by atoms with Crippen LogP contribution in [0.1, 0.15) is 373 Å². The van der Waals surface area contributed by atoms with E-state index in [0.29, 0.717) is 19.3 Å². The van der Waals surface area contributed by atoms with Gasteiger partial charge in [0.2, 0.25) is 5.91 Å². The van der Waals surface area contributed by atoms with Gasteiger partial charge in [-0.3, -0.25) is 4.79 Å². The quantitative estimate of drug-likeness (QED) is 0.0215. The molecule has 1 amide bonds. The summed E-state index contributed by atoms with van der Waals surface area (Å²) in [5, 5.41) is 76.6. The highest BCUT2D eigenvalue weighted by molar-refractivity contribution is 5.80. The Morgan fingerprint density at radius 2 is 0.699 bits per heavy atom. The van der Waals surface area contributed by atoms with Crippen molar-refractivity contribution in [1.82, 2.24) is 5.32 Å². The molecule has 8 N–H and O–H groups in total. The lowest BCUT2D eigenvalue weighted by molar-refractivity contribution is -0.303. The molecule has 0 radical (unpaired) electrons. The molecule has 0 bridgehead atoms. The molecule has 1 aliphatic heterocycles. The summed E-state index contributed by atoms with van der Waals surface area (Å²) in [5.41, 5.74) is 0. The van der Waals surface area contributed by atoms with E-state index in [0.717, 1.165) is 38.5 Å². The van der Waals surface area contributed by atoms with E-state index in [9.17, 15) is 40.5 Å². The zero-order chi connectivity index (χ0) is 60.3. The van der Waals surface area contributed by atoms with E-state index in [2.05, 4.69) is 31.3 Å². The van der Waals surface area contributed by atoms with Crippen molar-refractivity contribution in [3.63, 3.8) is 0 Å². The third-order valence-electron chi connectivity index (χ3n) is 18.1. The lowest BCUT2D eigenvalue weighted by Crippen LogP contribution is -2.60. The number of hydrogen-bond acceptors (Lipinski definition) is 10. The van der Waals surface area contributed by atoms with Crippen molar-refractivity contribution in [3.8, 4) is 0 Å². The highest BCUT2D eigenvalue weighted by Crippen LogP contribution is 2.24. The third kappa shape index (κ3) is 48.5. The van der Waals surface area contributed by atoms with Crippen LogP contribution in [0.4, 0.5) is 0 Å². The number of carbonyl (C=O) groups excluding carboxylic acids is 1. The topological polar surface area (TPSA) is 189 Å². The molecule has 494 valence electrons. The zero-order valence-electron chi connectivity index (χ0n) is 54.7. The number of aliphatic hydroxyl groups excluding tert-OH is 7. The van der Waals surface area contributed by atoms with Gasteiger partial charge in [0.15, 0.2) is 6.29 Å². The normalized spacial score (nSPS) is 19.0. The van der Waals surface area contributed by atoms with Crippen molar-refractivity contribution < 1.29 is 50.0 Å². The molecule has 9 atom stereocenters.